The maximum absolute atomic E-state index is 12.0. The topological polar surface area (TPSA) is 94.5 Å². The molecule has 0 saturated heterocycles. The van der Waals surface area contributed by atoms with Gasteiger partial charge in [0.1, 0.15) is 11.6 Å². The third kappa shape index (κ3) is 3.46. The second-order valence-corrected chi connectivity index (χ2v) is 6.17. The molecular weight excluding hydrogens is 284 g/mol. The number of carbonyl (C=O) groups excluding carboxylic acids is 1. The van der Waals surface area contributed by atoms with Crippen molar-refractivity contribution in [1.29, 1.82) is 0 Å². The molecule has 0 spiro atoms. The lowest BCUT2D eigenvalue weighted by atomic mass is 10.1. The molecule has 0 bridgehead atoms. The van der Waals surface area contributed by atoms with Crippen molar-refractivity contribution >= 4 is 23.0 Å². The van der Waals surface area contributed by atoms with Crippen molar-refractivity contribution in [2.24, 2.45) is 5.73 Å². The molecule has 0 amide bonds. The lowest BCUT2D eigenvalue weighted by molar-refractivity contribution is -0.156. The van der Waals surface area contributed by atoms with Gasteiger partial charge >= 0.3 is 12.1 Å². The molecule has 22 heavy (non-hydrogen) atoms. The minimum Gasteiger partial charge on any atom is -0.464 e. The quantitative estimate of drug-likeness (QED) is 0.849. The number of ether oxygens (including phenoxy) is 1. The van der Waals surface area contributed by atoms with E-state index in [1.54, 1.807) is 32.9 Å². The zero-order valence-corrected chi connectivity index (χ0v) is 12.9. The normalized spacial score (nSPS) is 13.1. The van der Waals surface area contributed by atoms with Crippen LogP contribution in [0, 0.1) is 0 Å². The van der Waals surface area contributed by atoms with Crippen molar-refractivity contribution in [3.63, 3.8) is 0 Å². The Morgan fingerprint density at radius 2 is 1.95 bits per heavy atom. The van der Waals surface area contributed by atoms with Gasteiger partial charge in [-0.25, -0.2) is 4.79 Å². The van der Waals surface area contributed by atoms with Gasteiger partial charge in [-0.15, -0.1) is 0 Å². The van der Waals surface area contributed by atoms with Gasteiger partial charge in [-0.1, -0.05) is 18.2 Å². The van der Waals surface area contributed by atoms with Crippen LogP contribution < -0.4 is 5.73 Å². The molecule has 0 aliphatic rings. The van der Waals surface area contributed by atoms with Crippen LogP contribution >= 0.6 is 0 Å². The van der Waals surface area contributed by atoms with E-state index in [-0.39, 0.29) is 6.42 Å². The maximum atomic E-state index is 12.0. The number of carboxylic acid groups (broad SMARTS) is 1. The SMILES string of the molecule is CC(C)(C)OC(=O)C(N)Cc1cn(C(=O)O)c2ccccc12. The predicted octanol–water partition coefficient (Wildman–Crippen LogP) is 2.38. The van der Waals surface area contributed by atoms with Crippen LogP contribution in [0.25, 0.3) is 10.9 Å². The van der Waals surface area contributed by atoms with Crippen LogP contribution in [-0.4, -0.2) is 33.4 Å². The van der Waals surface area contributed by atoms with Crippen LogP contribution in [0.3, 0.4) is 0 Å². The third-order valence-corrected chi connectivity index (χ3v) is 3.15. The van der Waals surface area contributed by atoms with E-state index in [1.807, 2.05) is 12.1 Å². The van der Waals surface area contributed by atoms with E-state index in [9.17, 15) is 14.7 Å². The first-order valence-corrected chi connectivity index (χ1v) is 7.00. The molecule has 2 rings (SSSR count). The first-order valence-electron chi connectivity index (χ1n) is 7.00. The smallest absolute Gasteiger partial charge is 0.416 e. The number of esters is 1. The van der Waals surface area contributed by atoms with Gasteiger partial charge in [0.15, 0.2) is 0 Å². The number of hydrogen-bond donors (Lipinski definition) is 2. The molecule has 2 aromatic rings. The highest BCUT2D eigenvalue weighted by Crippen LogP contribution is 2.22. The molecule has 1 aromatic carbocycles. The summed E-state index contributed by atoms with van der Waals surface area (Å²) in [5.74, 6) is -0.500. The highest BCUT2D eigenvalue weighted by molar-refractivity contribution is 5.92. The van der Waals surface area contributed by atoms with Gasteiger partial charge in [-0.3, -0.25) is 9.36 Å². The summed E-state index contributed by atoms with van der Waals surface area (Å²) in [5, 5.41) is 10.00. The van der Waals surface area contributed by atoms with E-state index < -0.39 is 23.7 Å². The highest BCUT2D eigenvalue weighted by Gasteiger charge is 2.24. The number of carbonyl (C=O) groups is 2. The monoisotopic (exact) mass is 304 g/mol. The second kappa shape index (κ2) is 5.81. The van der Waals surface area contributed by atoms with Crippen molar-refractivity contribution in [2.45, 2.75) is 38.8 Å². The molecule has 0 aliphatic carbocycles. The average molecular weight is 304 g/mol. The summed E-state index contributed by atoms with van der Waals surface area (Å²) < 4.78 is 6.38. The summed E-state index contributed by atoms with van der Waals surface area (Å²) in [6.45, 7) is 5.32. The van der Waals surface area contributed by atoms with Crippen molar-refractivity contribution in [2.75, 3.05) is 0 Å². The molecule has 3 N–H and O–H groups in total. The van der Waals surface area contributed by atoms with E-state index in [2.05, 4.69) is 0 Å². The number of nitrogens with two attached hydrogens (primary N) is 1. The molecule has 0 saturated carbocycles. The number of rotatable bonds is 3. The Morgan fingerprint density at radius 3 is 2.55 bits per heavy atom. The fourth-order valence-corrected chi connectivity index (χ4v) is 2.27. The number of hydrogen-bond acceptors (Lipinski definition) is 4. The Balaban J connectivity index is 2.28. The number of fused-ring (bicyclic) bond motifs is 1. The Morgan fingerprint density at radius 1 is 1.32 bits per heavy atom. The number of nitrogens with zero attached hydrogens (tertiary/aromatic N) is 1. The van der Waals surface area contributed by atoms with Crippen LogP contribution in [0.4, 0.5) is 4.79 Å². The van der Waals surface area contributed by atoms with Crippen LogP contribution in [0.1, 0.15) is 26.3 Å². The molecule has 118 valence electrons. The van der Waals surface area contributed by atoms with E-state index in [1.165, 1.54) is 6.20 Å². The summed E-state index contributed by atoms with van der Waals surface area (Å²) in [6, 6.07) is 6.26. The van der Waals surface area contributed by atoms with Gasteiger partial charge in [0.2, 0.25) is 0 Å². The molecule has 0 radical (unpaired) electrons. The fraction of sp³-hybridized carbons (Fsp3) is 0.375. The number of para-hydroxylation sites is 1. The Bertz CT molecular complexity index is 712. The van der Waals surface area contributed by atoms with Gasteiger partial charge in [-0.05, 0) is 32.4 Å². The molecule has 1 aromatic heterocycles. The molecule has 6 nitrogen and oxygen atoms in total. The maximum Gasteiger partial charge on any atom is 0.416 e. The summed E-state index contributed by atoms with van der Waals surface area (Å²) in [4.78, 5) is 23.2. The summed E-state index contributed by atoms with van der Waals surface area (Å²) >= 11 is 0. The first-order chi connectivity index (χ1) is 10.2. The van der Waals surface area contributed by atoms with Gasteiger partial charge in [0.05, 0.1) is 5.52 Å². The van der Waals surface area contributed by atoms with Crippen LogP contribution in [0.5, 0.6) is 0 Å². The minimum absolute atomic E-state index is 0.218. The standard InChI is InChI=1S/C16H20N2O4/c1-16(2,3)22-14(19)12(17)8-10-9-18(15(20)21)13-7-5-4-6-11(10)13/h4-7,9,12H,8,17H2,1-3H3,(H,20,21). The Hall–Kier alpha value is -2.34. The molecule has 1 unspecified atom stereocenters. The van der Waals surface area contributed by atoms with Crippen LogP contribution in [-0.2, 0) is 16.0 Å². The molecule has 0 fully saturated rings. The molecule has 0 aliphatic heterocycles. The van der Waals surface area contributed by atoms with Gasteiger partial charge in [-0.2, -0.15) is 0 Å². The molecule has 1 heterocycles. The van der Waals surface area contributed by atoms with Crippen LogP contribution in [0.2, 0.25) is 0 Å². The molecule has 1 atom stereocenters. The summed E-state index contributed by atoms with van der Waals surface area (Å²) in [7, 11) is 0. The first kappa shape index (κ1) is 16.0. The molecule has 6 heteroatoms. The summed E-state index contributed by atoms with van der Waals surface area (Å²) in [6.07, 6.45) is 0.640. The van der Waals surface area contributed by atoms with E-state index in [0.29, 0.717) is 11.1 Å². The average Bonchev–Trinajstić information content (AvgIpc) is 2.76. The van der Waals surface area contributed by atoms with Crippen molar-refractivity contribution < 1.29 is 19.4 Å². The zero-order chi connectivity index (χ0) is 16.5. The highest BCUT2D eigenvalue weighted by atomic mass is 16.6. The van der Waals surface area contributed by atoms with Crippen molar-refractivity contribution in [3.05, 3.63) is 36.0 Å². The Kier molecular flexibility index (Phi) is 4.23. The van der Waals surface area contributed by atoms with E-state index in [4.69, 9.17) is 10.5 Å². The largest absolute Gasteiger partial charge is 0.464 e. The lowest BCUT2D eigenvalue weighted by Gasteiger charge is -2.22. The fourth-order valence-electron chi connectivity index (χ4n) is 2.27. The van der Waals surface area contributed by atoms with Gasteiger partial charge < -0.3 is 15.6 Å². The van der Waals surface area contributed by atoms with E-state index in [0.717, 1.165) is 9.95 Å². The second-order valence-electron chi connectivity index (χ2n) is 6.17. The molecular formula is C16H20N2O4. The number of benzene rings is 1. The lowest BCUT2D eigenvalue weighted by Crippen LogP contribution is -2.38. The van der Waals surface area contributed by atoms with Gasteiger partial charge in [0, 0.05) is 18.0 Å². The van der Waals surface area contributed by atoms with E-state index >= 15 is 0 Å². The van der Waals surface area contributed by atoms with Crippen molar-refractivity contribution in [1.82, 2.24) is 4.57 Å². The third-order valence-electron chi connectivity index (χ3n) is 3.15. The zero-order valence-electron chi connectivity index (χ0n) is 12.9. The number of aromatic nitrogens is 1. The Labute approximate surface area is 128 Å². The van der Waals surface area contributed by atoms with Gasteiger partial charge in [0.25, 0.3) is 0 Å². The van der Waals surface area contributed by atoms with Crippen LogP contribution in [0.15, 0.2) is 30.5 Å². The summed E-state index contributed by atoms with van der Waals surface area (Å²) in [5.41, 5.74) is 6.57. The van der Waals surface area contributed by atoms with Crippen molar-refractivity contribution in [3.8, 4) is 0 Å². The predicted molar refractivity (Wildman–Crippen MR) is 82.9 cm³/mol. The minimum atomic E-state index is -1.08.